The van der Waals surface area contributed by atoms with Crippen molar-refractivity contribution in [3.63, 3.8) is 0 Å². The number of piperidine rings is 1. The zero-order valence-corrected chi connectivity index (χ0v) is 19.0. The molecule has 3 rings (SSSR count). The fourth-order valence-corrected chi connectivity index (χ4v) is 5.61. The van der Waals surface area contributed by atoms with Crippen LogP contribution >= 0.6 is 11.3 Å². The molecule has 29 heavy (non-hydrogen) atoms. The van der Waals surface area contributed by atoms with Crippen LogP contribution in [0, 0.1) is 5.92 Å². The first kappa shape index (κ1) is 22.5. The number of nitrogens with zero attached hydrogens (tertiary/aromatic N) is 3. The Bertz CT molecular complexity index is 740. The largest absolute Gasteiger partial charge is 0.379 e. The molecule has 0 saturated carbocycles. The van der Waals surface area contributed by atoms with Crippen LogP contribution in [-0.4, -0.2) is 89.4 Å². The summed E-state index contributed by atoms with van der Waals surface area (Å²) in [6, 6.07) is 4.59. The maximum atomic E-state index is 11.7. The van der Waals surface area contributed by atoms with Gasteiger partial charge in [-0.2, -0.15) is 0 Å². The molecule has 0 bridgehead atoms. The summed E-state index contributed by atoms with van der Waals surface area (Å²) in [6.07, 6.45) is 3.04. The van der Waals surface area contributed by atoms with Gasteiger partial charge in [-0.3, -0.25) is 9.89 Å². The molecule has 2 N–H and O–H groups in total. The molecule has 10 heteroatoms. The molecule has 0 aliphatic carbocycles. The average molecular weight is 444 g/mol. The van der Waals surface area contributed by atoms with Crippen molar-refractivity contribution in [2.24, 2.45) is 10.9 Å². The Morgan fingerprint density at radius 1 is 1.28 bits per heavy atom. The van der Waals surface area contributed by atoms with Crippen molar-refractivity contribution < 1.29 is 13.2 Å². The smallest absolute Gasteiger partial charge is 0.211 e. The summed E-state index contributed by atoms with van der Waals surface area (Å²) in [6.45, 7) is 6.24. The lowest BCUT2D eigenvalue weighted by Crippen LogP contribution is -2.47. The van der Waals surface area contributed by atoms with Crippen molar-refractivity contribution in [2.45, 2.75) is 18.9 Å². The molecule has 164 valence electrons. The Morgan fingerprint density at radius 2 is 2.00 bits per heavy atom. The lowest BCUT2D eigenvalue weighted by atomic mass is 9.98. The van der Waals surface area contributed by atoms with Crippen LogP contribution in [0.1, 0.15) is 23.8 Å². The first-order chi connectivity index (χ1) is 14.0. The molecular weight excluding hydrogens is 410 g/mol. The van der Waals surface area contributed by atoms with Gasteiger partial charge in [-0.05, 0) is 30.2 Å². The Morgan fingerprint density at radius 3 is 2.59 bits per heavy atom. The van der Waals surface area contributed by atoms with Crippen molar-refractivity contribution >= 4 is 27.3 Å². The number of morpholine rings is 1. The molecule has 2 fully saturated rings. The van der Waals surface area contributed by atoms with E-state index in [1.54, 1.807) is 22.7 Å². The third-order valence-electron chi connectivity index (χ3n) is 5.65. The van der Waals surface area contributed by atoms with Gasteiger partial charge in [0.2, 0.25) is 10.0 Å². The summed E-state index contributed by atoms with van der Waals surface area (Å²) in [7, 11) is -1.28. The molecule has 2 aliphatic rings. The summed E-state index contributed by atoms with van der Waals surface area (Å²) < 4.78 is 30.4. The van der Waals surface area contributed by atoms with Gasteiger partial charge in [0.1, 0.15) is 0 Å². The minimum Gasteiger partial charge on any atom is -0.379 e. The summed E-state index contributed by atoms with van der Waals surface area (Å²) in [4.78, 5) is 8.19. The molecule has 1 unspecified atom stereocenters. The van der Waals surface area contributed by atoms with E-state index < -0.39 is 10.0 Å². The normalized spacial score (nSPS) is 21.8. The van der Waals surface area contributed by atoms with E-state index in [2.05, 4.69) is 38.0 Å². The average Bonchev–Trinajstić information content (AvgIpc) is 3.25. The molecule has 8 nitrogen and oxygen atoms in total. The number of ether oxygens (including phenoxy) is 1. The second-order valence-electron chi connectivity index (χ2n) is 7.62. The van der Waals surface area contributed by atoms with E-state index in [0.29, 0.717) is 25.0 Å². The zero-order valence-electron chi connectivity index (χ0n) is 17.3. The van der Waals surface area contributed by atoms with Crippen LogP contribution in [0.5, 0.6) is 0 Å². The van der Waals surface area contributed by atoms with Crippen LogP contribution in [0.4, 0.5) is 0 Å². The van der Waals surface area contributed by atoms with Crippen LogP contribution < -0.4 is 10.6 Å². The van der Waals surface area contributed by atoms with Gasteiger partial charge in [-0.1, -0.05) is 6.07 Å². The van der Waals surface area contributed by atoms with Crippen LogP contribution in [0.15, 0.2) is 22.5 Å². The number of hydrogen-bond acceptors (Lipinski definition) is 6. The molecular formula is C19H33N5O3S2. The third-order valence-corrected chi connectivity index (χ3v) is 7.92. The summed E-state index contributed by atoms with van der Waals surface area (Å²) in [5, 5.41) is 9.04. The molecule has 0 spiro atoms. The SMILES string of the molecule is CN=C(NCC1CCN(S(C)(=O)=O)CC1)NCC(c1cccs1)N1CCOCC1. The number of rotatable bonds is 7. The fourth-order valence-electron chi connectivity index (χ4n) is 3.88. The van der Waals surface area contributed by atoms with Crippen molar-refractivity contribution in [2.75, 3.05) is 65.8 Å². The lowest BCUT2D eigenvalue weighted by Gasteiger charge is -2.34. The first-order valence-electron chi connectivity index (χ1n) is 10.2. The highest BCUT2D eigenvalue weighted by Gasteiger charge is 2.26. The van der Waals surface area contributed by atoms with Crippen molar-refractivity contribution in [3.05, 3.63) is 22.4 Å². The molecule has 3 heterocycles. The van der Waals surface area contributed by atoms with E-state index in [9.17, 15) is 8.42 Å². The summed E-state index contributed by atoms with van der Waals surface area (Å²) in [5.41, 5.74) is 0. The van der Waals surface area contributed by atoms with E-state index in [1.807, 2.05) is 0 Å². The van der Waals surface area contributed by atoms with E-state index >= 15 is 0 Å². The molecule has 1 atom stereocenters. The van der Waals surface area contributed by atoms with Gasteiger partial charge in [0.05, 0.1) is 25.5 Å². The van der Waals surface area contributed by atoms with Gasteiger partial charge in [0.25, 0.3) is 0 Å². The monoisotopic (exact) mass is 443 g/mol. The molecule has 1 aromatic heterocycles. The maximum absolute atomic E-state index is 11.7. The highest BCUT2D eigenvalue weighted by atomic mass is 32.2. The molecule has 2 aliphatic heterocycles. The van der Waals surface area contributed by atoms with Crippen LogP contribution in [0.3, 0.4) is 0 Å². The second-order valence-corrected chi connectivity index (χ2v) is 10.6. The minimum absolute atomic E-state index is 0.301. The number of thiophene rings is 1. The van der Waals surface area contributed by atoms with E-state index in [0.717, 1.165) is 58.2 Å². The second kappa shape index (κ2) is 10.7. The topological polar surface area (TPSA) is 86.3 Å². The zero-order chi connectivity index (χ0) is 20.7. The molecule has 1 aromatic rings. The molecule has 0 radical (unpaired) electrons. The molecule has 0 aromatic carbocycles. The fraction of sp³-hybridized carbons (Fsp3) is 0.737. The number of hydrogen-bond donors (Lipinski definition) is 2. The maximum Gasteiger partial charge on any atom is 0.211 e. The number of guanidine groups is 1. The minimum atomic E-state index is -3.07. The van der Waals surface area contributed by atoms with E-state index in [-0.39, 0.29) is 0 Å². The van der Waals surface area contributed by atoms with Crippen molar-refractivity contribution in [1.29, 1.82) is 0 Å². The van der Waals surface area contributed by atoms with Gasteiger partial charge in [-0.15, -0.1) is 11.3 Å². The highest BCUT2D eigenvalue weighted by molar-refractivity contribution is 7.88. The van der Waals surface area contributed by atoms with E-state index in [1.165, 1.54) is 11.1 Å². The van der Waals surface area contributed by atoms with Gasteiger partial charge < -0.3 is 15.4 Å². The predicted molar refractivity (Wildman–Crippen MR) is 118 cm³/mol. The van der Waals surface area contributed by atoms with Gasteiger partial charge >= 0.3 is 0 Å². The molecule has 0 amide bonds. The Hall–Kier alpha value is -1.20. The highest BCUT2D eigenvalue weighted by Crippen LogP contribution is 2.25. The summed E-state index contributed by atoms with van der Waals surface area (Å²) in [5.74, 6) is 1.25. The number of sulfonamides is 1. The standard InChI is InChI=1S/C19H33N5O3S2/c1-20-19(21-14-16-5-7-24(8-6-16)29(2,25)26)22-15-17(18-4-3-13-28-18)23-9-11-27-12-10-23/h3-4,13,16-17H,5-12,14-15H2,1-2H3,(H2,20,21,22). The first-order valence-corrected chi connectivity index (χ1v) is 12.9. The van der Waals surface area contributed by atoms with Gasteiger partial charge in [-0.25, -0.2) is 12.7 Å². The predicted octanol–water partition coefficient (Wildman–Crippen LogP) is 0.958. The Labute approximate surface area is 178 Å². The summed E-state index contributed by atoms with van der Waals surface area (Å²) >= 11 is 1.79. The third kappa shape index (κ3) is 6.65. The number of aliphatic imine (C=N–C) groups is 1. The van der Waals surface area contributed by atoms with Crippen molar-refractivity contribution in [1.82, 2.24) is 19.8 Å². The van der Waals surface area contributed by atoms with Crippen LogP contribution in [0.2, 0.25) is 0 Å². The number of nitrogens with one attached hydrogen (secondary N) is 2. The lowest BCUT2D eigenvalue weighted by molar-refractivity contribution is 0.0177. The van der Waals surface area contributed by atoms with Crippen LogP contribution in [0.25, 0.3) is 0 Å². The Balaban J connectivity index is 1.48. The molecule has 2 saturated heterocycles. The Kier molecular flexibility index (Phi) is 8.31. The van der Waals surface area contributed by atoms with Crippen LogP contribution in [-0.2, 0) is 14.8 Å². The van der Waals surface area contributed by atoms with Gasteiger partial charge in [0.15, 0.2) is 5.96 Å². The van der Waals surface area contributed by atoms with E-state index in [4.69, 9.17) is 4.74 Å². The van der Waals surface area contributed by atoms with Crippen molar-refractivity contribution in [3.8, 4) is 0 Å². The van der Waals surface area contributed by atoms with Gasteiger partial charge in [0, 0.05) is 51.2 Å². The quantitative estimate of drug-likeness (QED) is 0.482.